The van der Waals surface area contributed by atoms with Gasteiger partial charge in [-0.3, -0.25) is 9.59 Å². The van der Waals surface area contributed by atoms with E-state index in [0.717, 1.165) is 0 Å². The molecule has 2 aromatic carbocycles. The van der Waals surface area contributed by atoms with Gasteiger partial charge in [-0.05, 0) is 37.1 Å². The lowest BCUT2D eigenvalue weighted by atomic mass is 10.1. The number of nitrogens with one attached hydrogen (secondary N) is 1. The molecule has 1 fully saturated rings. The van der Waals surface area contributed by atoms with Gasteiger partial charge in [0, 0.05) is 17.6 Å². The highest BCUT2D eigenvalue weighted by molar-refractivity contribution is 6.36. The van der Waals surface area contributed by atoms with Crippen LogP contribution >= 0.6 is 34.8 Å². The van der Waals surface area contributed by atoms with E-state index in [1.807, 2.05) is 0 Å². The van der Waals surface area contributed by atoms with Gasteiger partial charge in [0.15, 0.2) is 0 Å². The molecule has 0 bridgehead atoms. The van der Waals surface area contributed by atoms with Crippen LogP contribution in [0.3, 0.4) is 0 Å². The predicted octanol–water partition coefficient (Wildman–Crippen LogP) is 4.91. The minimum atomic E-state index is -0.650. The highest BCUT2D eigenvalue weighted by Gasteiger charge is 2.35. The standard InChI is InChI=1S/C20H19Cl3N2O4/c1-28-17-10-18(29-2)15(9-14(17)23)24-19(26)16-4-3-7-25(16)20(27)12-8-11(21)5-6-13(12)22/h5-6,8-10,16H,3-4,7H2,1-2H3,(H,24,26). The van der Waals surface area contributed by atoms with Crippen LogP contribution in [0.2, 0.25) is 15.1 Å². The van der Waals surface area contributed by atoms with Crippen molar-refractivity contribution in [1.82, 2.24) is 4.90 Å². The fraction of sp³-hybridized carbons (Fsp3) is 0.300. The van der Waals surface area contributed by atoms with Gasteiger partial charge in [0.05, 0.1) is 35.5 Å². The van der Waals surface area contributed by atoms with E-state index in [0.29, 0.717) is 46.6 Å². The predicted molar refractivity (Wildman–Crippen MR) is 114 cm³/mol. The van der Waals surface area contributed by atoms with Gasteiger partial charge in [0.1, 0.15) is 17.5 Å². The second kappa shape index (κ2) is 9.11. The lowest BCUT2D eigenvalue weighted by molar-refractivity contribution is -0.119. The molecule has 1 aliphatic rings. The molecule has 9 heteroatoms. The molecular formula is C20H19Cl3N2O4. The maximum atomic E-state index is 13.0. The maximum Gasteiger partial charge on any atom is 0.256 e. The quantitative estimate of drug-likeness (QED) is 0.693. The summed E-state index contributed by atoms with van der Waals surface area (Å²) >= 11 is 18.3. The van der Waals surface area contributed by atoms with E-state index in [4.69, 9.17) is 44.3 Å². The number of carbonyl (C=O) groups is 2. The van der Waals surface area contributed by atoms with Crippen LogP contribution in [-0.2, 0) is 4.79 Å². The van der Waals surface area contributed by atoms with Gasteiger partial charge >= 0.3 is 0 Å². The van der Waals surface area contributed by atoms with Crippen molar-refractivity contribution >= 4 is 52.3 Å². The number of benzene rings is 2. The molecule has 3 rings (SSSR count). The molecule has 0 spiro atoms. The van der Waals surface area contributed by atoms with Crippen molar-refractivity contribution in [2.24, 2.45) is 0 Å². The number of rotatable bonds is 5. The number of hydrogen-bond acceptors (Lipinski definition) is 4. The fourth-order valence-electron chi connectivity index (χ4n) is 3.27. The first-order chi connectivity index (χ1) is 13.8. The van der Waals surface area contributed by atoms with Crippen LogP contribution < -0.4 is 14.8 Å². The largest absolute Gasteiger partial charge is 0.495 e. The van der Waals surface area contributed by atoms with Crippen molar-refractivity contribution in [2.45, 2.75) is 18.9 Å². The summed E-state index contributed by atoms with van der Waals surface area (Å²) in [4.78, 5) is 27.4. The lowest BCUT2D eigenvalue weighted by Gasteiger charge is -2.25. The Morgan fingerprint density at radius 3 is 2.45 bits per heavy atom. The molecule has 6 nitrogen and oxygen atoms in total. The van der Waals surface area contributed by atoms with Crippen LogP contribution in [0.25, 0.3) is 0 Å². The third-order valence-electron chi connectivity index (χ3n) is 4.71. The first-order valence-electron chi connectivity index (χ1n) is 8.84. The number of amides is 2. The summed E-state index contributed by atoms with van der Waals surface area (Å²) in [5, 5.41) is 3.81. The number of likely N-dealkylation sites (tertiary alicyclic amines) is 1. The fourth-order valence-corrected chi connectivity index (χ4v) is 3.88. The molecule has 154 valence electrons. The molecule has 1 N–H and O–H groups in total. The van der Waals surface area contributed by atoms with Gasteiger partial charge in [-0.25, -0.2) is 0 Å². The topological polar surface area (TPSA) is 67.9 Å². The van der Waals surface area contributed by atoms with E-state index < -0.39 is 6.04 Å². The molecule has 0 aliphatic carbocycles. The Balaban J connectivity index is 1.83. The second-order valence-electron chi connectivity index (χ2n) is 6.46. The van der Waals surface area contributed by atoms with Crippen molar-refractivity contribution < 1.29 is 19.1 Å². The summed E-state index contributed by atoms with van der Waals surface area (Å²) in [7, 11) is 2.97. The lowest BCUT2D eigenvalue weighted by Crippen LogP contribution is -2.43. The molecule has 29 heavy (non-hydrogen) atoms. The number of nitrogens with zero attached hydrogens (tertiary/aromatic N) is 1. The van der Waals surface area contributed by atoms with Crippen LogP contribution in [0, 0.1) is 0 Å². The van der Waals surface area contributed by atoms with Gasteiger partial charge in [-0.15, -0.1) is 0 Å². The van der Waals surface area contributed by atoms with Gasteiger partial charge in [-0.1, -0.05) is 34.8 Å². The Morgan fingerprint density at radius 1 is 1.03 bits per heavy atom. The molecule has 1 saturated heterocycles. The van der Waals surface area contributed by atoms with Crippen LogP contribution in [-0.4, -0.2) is 43.5 Å². The van der Waals surface area contributed by atoms with Gasteiger partial charge in [0.2, 0.25) is 5.91 Å². The number of methoxy groups -OCH3 is 2. The summed E-state index contributed by atoms with van der Waals surface area (Å²) in [6.07, 6.45) is 1.23. The Kier molecular flexibility index (Phi) is 6.77. The van der Waals surface area contributed by atoms with E-state index in [-0.39, 0.29) is 22.4 Å². The zero-order chi connectivity index (χ0) is 21.1. The first-order valence-corrected chi connectivity index (χ1v) is 9.97. The Bertz CT molecular complexity index is 952. The number of hydrogen-bond donors (Lipinski definition) is 1. The average Bonchev–Trinajstić information content (AvgIpc) is 3.19. The Hall–Kier alpha value is -2.15. The molecule has 1 atom stereocenters. The molecule has 2 amide bonds. The third-order valence-corrected chi connectivity index (χ3v) is 5.57. The highest BCUT2D eigenvalue weighted by atomic mass is 35.5. The van der Waals surface area contributed by atoms with Crippen LogP contribution in [0.1, 0.15) is 23.2 Å². The minimum Gasteiger partial charge on any atom is -0.495 e. The zero-order valence-corrected chi connectivity index (χ0v) is 18.1. The number of anilines is 1. The van der Waals surface area contributed by atoms with Crippen molar-refractivity contribution in [3.63, 3.8) is 0 Å². The first kappa shape index (κ1) is 21.6. The monoisotopic (exact) mass is 456 g/mol. The van der Waals surface area contributed by atoms with Gasteiger partial charge in [0.25, 0.3) is 5.91 Å². The van der Waals surface area contributed by atoms with Crippen LogP contribution in [0.4, 0.5) is 5.69 Å². The minimum absolute atomic E-state index is 0.268. The van der Waals surface area contributed by atoms with Crippen molar-refractivity contribution in [3.05, 3.63) is 51.0 Å². The van der Waals surface area contributed by atoms with Crippen molar-refractivity contribution in [1.29, 1.82) is 0 Å². The molecule has 1 aliphatic heterocycles. The van der Waals surface area contributed by atoms with Crippen molar-refractivity contribution in [2.75, 3.05) is 26.1 Å². The average molecular weight is 458 g/mol. The van der Waals surface area contributed by atoms with E-state index in [9.17, 15) is 9.59 Å². The third kappa shape index (κ3) is 4.55. The smallest absolute Gasteiger partial charge is 0.256 e. The van der Waals surface area contributed by atoms with E-state index in [2.05, 4.69) is 5.32 Å². The van der Waals surface area contributed by atoms with Crippen LogP contribution in [0.15, 0.2) is 30.3 Å². The Morgan fingerprint density at radius 2 is 1.76 bits per heavy atom. The number of ether oxygens (including phenoxy) is 2. The van der Waals surface area contributed by atoms with E-state index in [1.165, 1.54) is 25.2 Å². The van der Waals surface area contributed by atoms with Crippen molar-refractivity contribution in [3.8, 4) is 11.5 Å². The molecule has 0 radical (unpaired) electrons. The van der Waals surface area contributed by atoms with Gasteiger partial charge in [-0.2, -0.15) is 0 Å². The molecule has 1 heterocycles. The highest BCUT2D eigenvalue weighted by Crippen LogP contribution is 2.36. The Labute approximate surface area is 183 Å². The molecule has 0 aromatic heterocycles. The summed E-state index contributed by atoms with van der Waals surface area (Å²) in [6, 6.07) is 7.16. The van der Waals surface area contributed by atoms with E-state index in [1.54, 1.807) is 24.3 Å². The zero-order valence-electron chi connectivity index (χ0n) is 15.8. The second-order valence-corrected chi connectivity index (χ2v) is 7.71. The SMILES string of the molecule is COc1cc(OC)c(NC(=O)C2CCCN2C(=O)c2cc(Cl)ccc2Cl)cc1Cl. The normalized spacial score (nSPS) is 15.9. The molecule has 0 saturated carbocycles. The number of carbonyl (C=O) groups excluding carboxylic acids is 2. The molecule has 1 unspecified atom stereocenters. The van der Waals surface area contributed by atoms with Gasteiger partial charge < -0.3 is 19.7 Å². The maximum absolute atomic E-state index is 13.0. The number of halogens is 3. The van der Waals surface area contributed by atoms with E-state index >= 15 is 0 Å². The molecule has 2 aromatic rings. The summed E-state index contributed by atoms with van der Waals surface area (Å²) < 4.78 is 10.5. The summed E-state index contributed by atoms with van der Waals surface area (Å²) in [5.74, 6) is 0.145. The summed E-state index contributed by atoms with van der Waals surface area (Å²) in [6.45, 7) is 0.445. The summed E-state index contributed by atoms with van der Waals surface area (Å²) in [5.41, 5.74) is 0.660. The van der Waals surface area contributed by atoms with Crippen LogP contribution in [0.5, 0.6) is 11.5 Å². The molecular weight excluding hydrogens is 439 g/mol.